The second-order valence-electron chi connectivity index (χ2n) is 6.05. The average molecular weight is 214 g/mol. The fourth-order valence-corrected chi connectivity index (χ4v) is 2.06. The Morgan fingerprint density at radius 1 is 1.33 bits per heavy atom. The molecule has 1 atom stereocenters. The van der Waals surface area contributed by atoms with Crippen LogP contribution in [0.2, 0.25) is 0 Å². The molecular weight excluding hydrogens is 188 g/mol. The highest BCUT2D eigenvalue weighted by Crippen LogP contribution is 2.36. The van der Waals surface area contributed by atoms with Crippen molar-refractivity contribution in [3.8, 4) is 0 Å². The van der Waals surface area contributed by atoms with Crippen molar-refractivity contribution in [3.05, 3.63) is 0 Å². The summed E-state index contributed by atoms with van der Waals surface area (Å²) in [7, 11) is 0. The van der Waals surface area contributed by atoms with Crippen LogP contribution in [0.3, 0.4) is 0 Å². The van der Waals surface area contributed by atoms with Gasteiger partial charge in [0.05, 0.1) is 17.3 Å². The van der Waals surface area contributed by atoms with Gasteiger partial charge in [0.1, 0.15) is 0 Å². The third-order valence-corrected chi connectivity index (χ3v) is 3.79. The third kappa shape index (κ3) is 3.76. The molecule has 0 aromatic heterocycles. The van der Waals surface area contributed by atoms with Crippen LogP contribution >= 0.6 is 0 Å². The van der Waals surface area contributed by atoms with E-state index in [1.807, 2.05) is 20.8 Å². The van der Waals surface area contributed by atoms with Crippen molar-refractivity contribution in [2.24, 2.45) is 5.92 Å². The van der Waals surface area contributed by atoms with Gasteiger partial charge in [0.2, 0.25) is 0 Å². The van der Waals surface area contributed by atoms with Crippen LogP contribution in [0, 0.1) is 5.92 Å². The fraction of sp³-hybridized carbons (Fsp3) is 1.00. The summed E-state index contributed by atoms with van der Waals surface area (Å²) in [6.45, 7) is 10.1. The second kappa shape index (κ2) is 4.42. The van der Waals surface area contributed by atoms with E-state index in [9.17, 15) is 5.11 Å². The van der Waals surface area contributed by atoms with E-state index in [0.717, 1.165) is 18.8 Å². The molecule has 0 aromatic rings. The molecule has 0 aliphatic heterocycles. The predicted molar refractivity (Wildman–Crippen MR) is 62.9 cm³/mol. The zero-order valence-corrected chi connectivity index (χ0v) is 10.8. The first-order valence-electron chi connectivity index (χ1n) is 6.13. The van der Waals surface area contributed by atoms with Gasteiger partial charge in [0.25, 0.3) is 0 Å². The Hall–Kier alpha value is -0.0800. The number of hydrogen-bond acceptors (Lipinski definition) is 2. The molecule has 0 saturated heterocycles. The van der Waals surface area contributed by atoms with Gasteiger partial charge in [-0.25, -0.2) is 0 Å². The van der Waals surface area contributed by atoms with E-state index in [1.165, 1.54) is 12.8 Å². The van der Waals surface area contributed by atoms with Gasteiger partial charge in [-0.3, -0.25) is 0 Å². The molecule has 0 aromatic carbocycles. The van der Waals surface area contributed by atoms with Crippen LogP contribution in [0.4, 0.5) is 0 Å². The van der Waals surface area contributed by atoms with Crippen LogP contribution in [0.25, 0.3) is 0 Å². The monoisotopic (exact) mass is 214 g/mol. The van der Waals surface area contributed by atoms with Crippen LogP contribution in [0.15, 0.2) is 0 Å². The van der Waals surface area contributed by atoms with Gasteiger partial charge in [-0.2, -0.15) is 0 Å². The molecule has 0 radical (unpaired) electrons. The molecule has 2 nitrogen and oxygen atoms in total. The highest BCUT2D eigenvalue weighted by atomic mass is 16.5. The lowest BCUT2D eigenvalue weighted by atomic mass is 9.80. The smallest absolute Gasteiger partial charge is 0.0849 e. The maximum atomic E-state index is 9.86. The van der Waals surface area contributed by atoms with E-state index in [1.54, 1.807) is 0 Å². The Bertz CT molecular complexity index is 197. The lowest BCUT2D eigenvalue weighted by Gasteiger charge is -2.41. The molecule has 1 aliphatic carbocycles. The molecule has 15 heavy (non-hydrogen) atoms. The van der Waals surface area contributed by atoms with Crippen LogP contribution in [-0.4, -0.2) is 22.4 Å². The van der Waals surface area contributed by atoms with Crippen molar-refractivity contribution in [3.63, 3.8) is 0 Å². The summed E-state index contributed by atoms with van der Waals surface area (Å²) in [6, 6.07) is 0. The minimum Gasteiger partial charge on any atom is -0.388 e. The highest BCUT2D eigenvalue weighted by Gasteiger charge is 2.35. The summed E-state index contributed by atoms with van der Waals surface area (Å²) in [4.78, 5) is 0. The number of aliphatic hydroxyl groups is 1. The lowest BCUT2D eigenvalue weighted by molar-refractivity contribution is -0.163. The molecule has 2 heteroatoms. The number of rotatable bonds is 3. The number of hydrogen-bond donors (Lipinski definition) is 1. The zero-order valence-electron chi connectivity index (χ0n) is 10.8. The first-order chi connectivity index (χ1) is 6.73. The zero-order chi connectivity index (χ0) is 11.7. The summed E-state index contributed by atoms with van der Waals surface area (Å²) < 4.78 is 6.04. The molecule has 1 N–H and O–H groups in total. The maximum Gasteiger partial charge on any atom is 0.0849 e. The van der Waals surface area contributed by atoms with Crippen molar-refractivity contribution in [2.45, 2.75) is 77.6 Å². The second-order valence-corrected chi connectivity index (χ2v) is 6.05. The van der Waals surface area contributed by atoms with E-state index < -0.39 is 5.60 Å². The fourth-order valence-electron chi connectivity index (χ4n) is 2.06. The summed E-state index contributed by atoms with van der Waals surface area (Å²) in [6.07, 6.45) is 4.63. The largest absolute Gasteiger partial charge is 0.388 e. The van der Waals surface area contributed by atoms with E-state index in [0.29, 0.717) is 0 Å². The molecule has 0 spiro atoms. The van der Waals surface area contributed by atoms with Gasteiger partial charge in [0.15, 0.2) is 0 Å². The Kier molecular flexibility index (Phi) is 3.83. The van der Waals surface area contributed by atoms with Gasteiger partial charge in [-0.05, 0) is 59.3 Å². The molecule has 1 rings (SSSR count). The summed E-state index contributed by atoms with van der Waals surface area (Å²) in [5, 5.41) is 9.86. The van der Waals surface area contributed by atoms with Crippen LogP contribution in [0.5, 0.6) is 0 Å². The Balaban J connectivity index is 2.50. The van der Waals surface area contributed by atoms with Gasteiger partial charge >= 0.3 is 0 Å². The lowest BCUT2D eigenvalue weighted by Crippen LogP contribution is -2.44. The van der Waals surface area contributed by atoms with Crippen molar-refractivity contribution in [2.75, 3.05) is 0 Å². The van der Waals surface area contributed by atoms with E-state index in [4.69, 9.17) is 4.74 Å². The Labute approximate surface area is 94.0 Å². The first kappa shape index (κ1) is 13.0. The van der Waals surface area contributed by atoms with Gasteiger partial charge in [0, 0.05) is 0 Å². The third-order valence-electron chi connectivity index (χ3n) is 3.79. The first-order valence-corrected chi connectivity index (χ1v) is 6.13. The van der Waals surface area contributed by atoms with Crippen molar-refractivity contribution in [1.82, 2.24) is 0 Å². The van der Waals surface area contributed by atoms with Gasteiger partial charge in [-0.15, -0.1) is 0 Å². The van der Waals surface area contributed by atoms with Crippen molar-refractivity contribution >= 4 is 0 Å². The summed E-state index contributed by atoms with van der Waals surface area (Å²) in [5.74, 6) is 0.833. The van der Waals surface area contributed by atoms with Gasteiger partial charge in [-0.1, -0.05) is 6.92 Å². The van der Waals surface area contributed by atoms with Crippen LogP contribution in [0.1, 0.15) is 60.3 Å². The van der Waals surface area contributed by atoms with E-state index in [-0.39, 0.29) is 11.7 Å². The summed E-state index contributed by atoms with van der Waals surface area (Å²) >= 11 is 0. The maximum absolute atomic E-state index is 9.86. The SMILES string of the molecule is CC1CCC(C)(OC(C)C(C)(C)O)CC1. The number of ether oxygens (including phenoxy) is 1. The standard InChI is InChI=1S/C13H26O2/c1-10-6-8-13(5,9-7-10)15-11(2)12(3,4)14/h10-11,14H,6-9H2,1-5H3. The topological polar surface area (TPSA) is 29.5 Å². The molecule has 1 unspecified atom stereocenters. The van der Waals surface area contributed by atoms with Crippen LogP contribution < -0.4 is 0 Å². The summed E-state index contributed by atoms with van der Waals surface area (Å²) in [5.41, 5.74) is -0.766. The predicted octanol–water partition coefficient (Wildman–Crippen LogP) is 3.13. The minimum absolute atomic E-state index is 0.0219. The highest BCUT2D eigenvalue weighted by molar-refractivity contribution is 4.85. The molecule has 0 amide bonds. The molecule has 1 saturated carbocycles. The quantitative estimate of drug-likeness (QED) is 0.782. The van der Waals surface area contributed by atoms with Gasteiger partial charge < -0.3 is 9.84 Å². The van der Waals surface area contributed by atoms with Crippen molar-refractivity contribution < 1.29 is 9.84 Å². The van der Waals surface area contributed by atoms with E-state index >= 15 is 0 Å². The molecule has 0 heterocycles. The average Bonchev–Trinajstić information content (AvgIpc) is 2.09. The Morgan fingerprint density at radius 3 is 2.20 bits per heavy atom. The molecule has 1 aliphatic rings. The molecule has 0 bridgehead atoms. The van der Waals surface area contributed by atoms with E-state index in [2.05, 4.69) is 13.8 Å². The molecule has 1 fully saturated rings. The van der Waals surface area contributed by atoms with Crippen LogP contribution in [-0.2, 0) is 4.74 Å². The normalized spacial score (nSPS) is 35.2. The molecule has 90 valence electrons. The Morgan fingerprint density at radius 2 is 1.80 bits per heavy atom. The minimum atomic E-state index is -0.744. The van der Waals surface area contributed by atoms with Crippen molar-refractivity contribution in [1.29, 1.82) is 0 Å². The molecular formula is C13H26O2.